The van der Waals surface area contributed by atoms with E-state index in [-0.39, 0.29) is 34.3 Å². The van der Waals surface area contributed by atoms with Crippen LogP contribution in [0.15, 0.2) is 72.5 Å². The monoisotopic (exact) mass is 466 g/mol. The average molecular weight is 467 g/mol. The Balaban J connectivity index is 1.48. The average Bonchev–Trinajstić information content (AvgIpc) is 2.79. The summed E-state index contributed by atoms with van der Waals surface area (Å²) in [4.78, 5) is 29.5. The van der Waals surface area contributed by atoms with Crippen molar-refractivity contribution in [2.24, 2.45) is 0 Å². The standard InChI is InChI=1S/C25H17ClF2N2O3/c26-23-22(10-11-30-25(23)29)33-21-9-4-14(12-19(21)28)13-20(31)18-3-1-2-17(24(18)32)15-5-7-16(27)8-6-15/h2-12H,1,13H2,(H2,29,30). The van der Waals surface area contributed by atoms with Crippen LogP contribution in [0.1, 0.15) is 17.5 Å². The second-order valence-electron chi connectivity index (χ2n) is 7.28. The lowest BCUT2D eigenvalue weighted by Crippen LogP contribution is -2.18. The van der Waals surface area contributed by atoms with E-state index in [1.54, 1.807) is 12.2 Å². The van der Waals surface area contributed by atoms with Gasteiger partial charge in [-0.15, -0.1) is 0 Å². The minimum absolute atomic E-state index is 0.0246. The smallest absolute Gasteiger partial charge is 0.196 e. The zero-order valence-electron chi connectivity index (χ0n) is 17.1. The molecule has 1 aliphatic carbocycles. The molecule has 166 valence electrons. The molecular weight excluding hydrogens is 450 g/mol. The Morgan fingerprint density at radius 3 is 2.55 bits per heavy atom. The van der Waals surface area contributed by atoms with Crippen LogP contribution >= 0.6 is 11.6 Å². The quantitative estimate of drug-likeness (QED) is 0.486. The van der Waals surface area contributed by atoms with Gasteiger partial charge < -0.3 is 10.5 Å². The molecule has 3 aromatic rings. The summed E-state index contributed by atoms with van der Waals surface area (Å²) in [7, 11) is 0. The molecule has 0 radical (unpaired) electrons. The van der Waals surface area contributed by atoms with Gasteiger partial charge in [-0.1, -0.05) is 42.0 Å². The minimum Gasteiger partial charge on any atom is -0.453 e. The summed E-state index contributed by atoms with van der Waals surface area (Å²) in [6, 6.07) is 11.0. The largest absolute Gasteiger partial charge is 0.453 e. The van der Waals surface area contributed by atoms with E-state index in [1.165, 1.54) is 48.7 Å². The number of ether oxygens (including phenoxy) is 1. The second-order valence-corrected chi connectivity index (χ2v) is 7.66. The first-order chi connectivity index (χ1) is 15.8. The van der Waals surface area contributed by atoms with Crippen LogP contribution in [0.2, 0.25) is 5.02 Å². The van der Waals surface area contributed by atoms with E-state index < -0.39 is 23.2 Å². The molecule has 33 heavy (non-hydrogen) atoms. The van der Waals surface area contributed by atoms with Gasteiger partial charge in [0.05, 0.1) is 5.57 Å². The highest BCUT2D eigenvalue weighted by Gasteiger charge is 2.25. The van der Waals surface area contributed by atoms with E-state index in [0.29, 0.717) is 23.1 Å². The van der Waals surface area contributed by atoms with Crippen LogP contribution in [0.25, 0.3) is 5.57 Å². The first-order valence-electron chi connectivity index (χ1n) is 9.94. The number of hydrogen-bond donors (Lipinski definition) is 1. The first-order valence-corrected chi connectivity index (χ1v) is 10.3. The van der Waals surface area contributed by atoms with Crippen molar-refractivity contribution in [2.45, 2.75) is 12.8 Å². The second kappa shape index (κ2) is 9.34. The molecule has 4 rings (SSSR count). The van der Waals surface area contributed by atoms with Crippen LogP contribution in [0, 0.1) is 11.6 Å². The summed E-state index contributed by atoms with van der Waals surface area (Å²) in [5, 5.41) is 0.0592. The van der Waals surface area contributed by atoms with Gasteiger partial charge in [0.15, 0.2) is 28.9 Å². The molecule has 0 amide bonds. The van der Waals surface area contributed by atoms with Gasteiger partial charge in [-0.3, -0.25) is 9.59 Å². The third kappa shape index (κ3) is 4.83. The van der Waals surface area contributed by atoms with Crippen molar-refractivity contribution in [3.05, 3.63) is 100 Å². The third-order valence-corrected chi connectivity index (χ3v) is 5.43. The molecule has 2 N–H and O–H groups in total. The van der Waals surface area contributed by atoms with Gasteiger partial charge >= 0.3 is 0 Å². The maximum atomic E-state index is 14.6. The van der Waals surface area contributed by atoms with Crippen LogP contribution in [-0.2, 0) is 16.0 Å². The van der Waals surface area contributed by atoms with Crippen molar-refractivity contribution >= 4 is 34.6 Å². The van der Waals surface area contributed by atoms with E-state index in [1.807, 2.05) is 0 Å². The van der Waals surface area contributed by atoms with Crippen LogP contribution in [-0.4, -0.2) is 16.6 Å². The normalized spacial score (nSPS) is 13.4. The van der Waals surface area contributed by atoms with Crippen molar-refractivity contribution in [1.29, 1.82) is 0 Å². The number of Topliss-reactive ketones (excluding diaryl/α,β-unsaturated/α-hetero) is 2. The number of allylic oxidation sites excluding steroid dienone is 4. The van der Waals surface area contributed by atoms with Crippen LogP contribution in [0.3, 0.4) is 0 Å². The highest BCUT2D eigenvalue weighted by molar-refractivity contribution is 6.39. The molecule has 0 saturated carbocycles. The Kier molecular flexibility index (Phi) is 6.33. The topological polar surface area (TPSA) is 82.3 Å². The molecule has 0 atom stereocenters. The summed E-state index contributed by atoms with van der Waals surface area (Å²) in [5.41, 5.74) is 6.88. The predicted molar refractivity (Wildman–Crippen MR) is 121 cm³/mol. The van der Waals surface area contributed by atoms with Crippen LogP contribution in [0.5, 0.6) is 11.5 Å². The first kappa shape index (κ1) is 22.4. The van der Waals surface area contributed by atoms with Gasteiger partial charge in [-0.25, -0.2) is 13.8 Å². The number of pyridine rings is 1. The summed E-state index contributed by atoms with van der Waals surface area (Å²) in [5.74, 6) is -1.91. The maximum Gasteiger partial charge on any atom is 0.196 e. The van der Waals surface area contributed by atoms with Gasteiger partial charge in [0.2, 0.25) is 0 Å². The van der Waals surface area contributed by atoms with Crippen LogP contribution in [0.4, 0.5) is 14.6 Å². The molecular formula is C25H17ClF2N2O3. The van der Waals surface area contributed by atoms with E-state index in [2.05, 4.69) is 4.98 Å². The number of aromatic nitrogens is 1. The van der Waals surface area contributed by atoms with E-state index in [9.17, 15) is 18.4 Å². The van der Waals surface area contributed by atoms with E-state index >= 15 is 0 Å². The minimum atomic E-state index is -0.706. The zero-order valence-corrected chi connectivity index (χ0v) is 17.9. The SMILES string of the molecule is Nc1nccc(Oc2ccc(CC(=O)C3=CCC=C(c4ccc(F)cc4)C3=O)cc2F)c1Cl. The van der Waals surface area contributed by atoms with Crippen LogP contribution < -0.4 is 10.5 Å². The Morgan fingerprint density at radius 1 is 1.06 bits per heavy atom. The number of carbonyl (C=O) groups is 2. The number of anilines is 1. The Labute approximate surface area is 193 Å². The van der Waals surface area contributed by atoms with Gasteiger partial charge in [0, 0.05) is 24.3 Å². The van der Waals surface area contributed by atoms with Gasteiger partial charge in [-0.2, -0.15) is 0 Å². The Morgan fingerprint density at radius 2 is 1.82 bits per heavy atom. The summed E-state index contributed by atoms with van der Waals surface area (Å²) >= 11 is 6.02. The Bertz CT molecular complexity index is 1320. The molecule has 0 aliphatic heterocycles. The van der Waals surface area contributed by atoms with E-state index in [0.717, 1.165) is 6.07 Å². The molecule has 1 aromatic heterocycles. The molecule has 0 spiro atoms. The third-order valence-electron chi connectivity index (χ3n) is 5.05. The van der Waals surface area contributed by atoms with Crippen molar-refractivity contribution in [2.75, 3.05) is 5.73 Å². The summed E-state index contributed by atoms with van der Waals surface area (Å²) < 4.78 is 33.3. The number of nitrogen functional groups attached to an aromatic ring is 1. The Hall–Kier alpha value is -3.84. The van der Waals surface area contributed by atoms with Gasteiger partial charge in [-0.05, 0) is 41.8 Å². The number of nitrogens with zero attached hydrogens (tertiary/aromatic N) is 1. The molecule has 2 aromatic carbocycles. The van der Waals surface area contributed by atoms with Gasteiger partial charge in [0.25, 0.3) is 0 Å². The number of ketones is 2. The molecule has 5 nitrogen and oxygen atoms in total. The fraction of sp³-hybridized carbons (Fsp3) is 0.0800. The number of halogens is 3. The number of hydrogen-bond acceptors (Lipinski definition) is 5. The highest BCUT2D eigenvalue weighted by atomic mass is 35.5. The fourth-order valence-electron chi connectivity index (χ4n) is 3.40. The van der Waals surface area contributed by atoms with Crippen molar-refractivity contribution in [3.63, 3.8) is 0 Å². The zero-order chi connectivity index (χ0) is 23.5. The maximum absolute atomic E-state index is 14.6. The molecule has 0 saturated heterocycles. The summed E-state index contributed by atoms with van der Waals surface area (Å²) in [6.07, 6.45) is 4.83. The lowest BCUT2D eigenvalue weighted by atomic mass is 9.88. The molecule has 1 aliphatic rings. The number of rotatable bonds is 6. The van der Waals surface area contributed by atoms with E-state index in [4.69, 9.17) is 22.1 Å². The number of nitrogens with two attached hydrogens (primary N) is 1. The lowest BCUT2D eigenvalue weighted by Gasteiger charge is -2.14. The molecule has 0 bridgehead atoms. The number of benzene rings is 2. The lowest BCUT2D eigenvalue weighted by molar-refractivity contribution is -0.118. The molecule has 0 fully saturated rings. The van der Waals surface area contributed by atoms with Crippen molar-refractivity contribution < 1.29 is 23.1 Å². The number of carbonyl (C=O) groups excluding carboxylic acids is 2. The van der Waals surface area contributed by atoms with Crippen molar-refractivity contribution in [3.8, 4) is 11.5 Å². The van der Waals surface area contributed by atoms with Crippen molar-refractivity contribution in [1.82, 2.24) is 4.98 Å². The fourth-order valence-corrected chi connectivity index (χ4v) is 3.55. The highest BCUT2D eigenvalue weighted by Crippen LogP contribution is 2.33. The molecule has 1 heterocycles. The predicted octanol–water partition coefficient (Wildman–Crippen LogP) is 5.48. The molecule has 0 unspecified atom stereocenters. The molecule has 8 heteroatoms. The summed E-state index contributed by atoms with van der Waals surface area (Å²) in [6.45, 7) is 0. The van der Waals surface area contributed by atoms with Gasteiger partial charge in [0.1, 0.15) is 16.7 Å².